The van der Waals surface area contributed by atoms with Crippen LogP contribution in [0.5, 0.6) is 0 Å². The van der Waals surface area contributed by atoms with E-state index in [1.54, 1.807) is 12.1 Å². The van der Waals surface area contributed by atoms with Crippen molar-refractivity contribution in [2.24, 2.45) is 5.41 Å². The monoisotopic (exact) mass is 523 g/mol. The van der Waals surface area contributed by atoms with Crippen molar-refractivity contribution >= 4 is 5.82 Å². The SMILES string of the molecule is Cc1ccccc1-n1nc(-c2c(-c3ccc(F)cc3F)n[nH]c2NC[C@@H](CO)OCC(C)(C)C)ccc1=O. The summed E-state index contributed by atoms with van der Waals surface area (Å²) >= 11 is 0. The standard InChI is InChI=1S/C28H31F2N5O3/c1-17-7-5-6-8-23(17)35-24(37)12-11-22(34-35)25-26(20-10-9-18(29)13-21(20)30)32-33-27(25)31-14-19(15-36)38-16-28(2,3)4/h5-13,19,36H,14-16H2,1-4H3,(H2,31,32,33)/t19-/m0/s1. The van der Waals surface area contributed by atoms with E-state index in [1.165, 1.54) is 22.9 Å². The molecule has 0 spiro atoms. The zero-order valence-electron chi connectivity index (χ0n) is 21.8. The predicted octanol–water partition coefficient (Wildman–Crippen LogP) is 4.71. The van der Waals surface area contributed by atoms with Crippen molar-refractivity contribution < 1.29 is 18.6 Å². The molecule has 0 aliphatic carbocycles. The van der Waals surface area contributed by atoms with Crippen molar-refractivity contribution in [1.82, 2.24) is 20.0 Å². The first-order valence-corrected chi connectivity index (χ1v) is 12.2. The van der Waals surface area contributed by atoms with Crippen LogP contribution in [0, 0.1) is 24.0 Å². The minimum absolute atomic E-state index is 0.0591. The molecule has 0 saturated carbocycles. The van der Waals surface area contributed by atoms with Gasteiger partial charge in [0, 0.05) is 24.2 Å². The minimum Gasteiger partial charge on any atom is -0.394 e. The third kappa shape index (κ3) is 6.15. The van der Waals surface area contributed by atoms with Crippen molar-refractivity contribution in [2.45, 2.75) is 33.8 Å². The molecule has 0 amide bonds. The van der Waals surface area contributed by atoms with Crippen LogP contribution in [0.4, 0.5) is 14.6 Å². The van der Waals surface area contributed by atoms with Gasteiger partial charge in [0.1, 0.15) is 23.1 Å². The topological polar surface area (TPSA) is 105 Å². The Hall–Kier alpha value is -3.89. The molecule has 0 aliphatic rings. The molecular weight excluding hydrogens is 492 g/mol. The van der Waals surface area contributed by atoms with E-state index < -0.39 is 17.7 Å². The number of benzene rings is 2. The highest BCUT2D eigenvalue weighted by atomic mass is 19.1. The van der Waals surface area contributed by atoms with Gasteiger partial charge in [-0.25, -0.2) is 8.78 Å². The molecule has 4 aromatic rings. The van der Waals surface area contributed by atoms with Crippen LogP contribution in [0.1, 0.15) is 26.3 Å². The number of aromatic amines is 1. The Morgan fingerprint density at radius 3 is 2.58 bits per heavy atom. The smallest absolute Gasteiger partial charge is 0.271 e. The summed E-state index contributed by atoms with van der Waals surface area (Å²) in [4.78, 5) is 12.7. The summed E-state index contributed by atoms with van der Waals surface area (Å²) in [5, 5.41) is 24.8. The Morgan fingerprint density at radius 1 is 1.13 bits per heavy atom. The highest BCUT2D eigenvalue weighted by molar-refractivity contribution is 5.87. The zero-order valence-corrected chi connectivity index (χ0v) is 21.8. The molecule has 200 valence electrons. The van der Waals surface area contributed by atoms with Crippen LogP contribution >= 0.6 is 0 Å². The lowest BCUT2D eigenvalue weighted by Gasteiger charge is -2.23. The Morgan fingerprint density at radius 2 is 1.89 bits per heavy atom. The van der Waals surface area contributed by atoms with Crippen LogP contribution in [0.15, 0.2) is 59.4 Å². The lowest BCUT2D eigenvalue weighted by atomic mass is 9.98. The molecule has 2 aromatic carbocycles. The summed E-state index contributed by atoms with van der Waals surface area (Å²) in [5.74, 6) is -1.13. The second-order valence-corrected chi connectivity index (χ2v) is 10.3. The van der Waals surface area contributed by atoms with Gasteiger partial charge in [0.05, 0.1) is 36.3 Å². The zero-order chi connectivity index (χ0) is 27.4. The number of H-pyrrole nitrogens is 1. The molecule has 0 saturated heterocycles. The number of hydrogen-bond acceptors (Lipinski definition) is 6. The summed E-state index contributed by atoms with van der Waals surface area (Å²) < 4.78 is 35.6. The lowest BCUT2D eigenvalue weighted by molar-refractivity contribution is -0.0128. The molecule has 38 heavy (non-hydrogen) atoms. The minimum atomic E-state index is -0.793. The van der Waals surface area contributed by atoms with Gasteiger partial charge in [0.15, 0.2) is 0 Å². The Bertz CT molecular complexity index is 1480. The normalized spacial score (nSPS) is 12.5. The molecule has 4 rings (SSSR count). The number of anilines is 1. The van der Waals surface area contributed by atoms with Crippen LogP contribution in [0.3, 0.4) is 0 Å². The number of nitrogens with one attached hydrogen (secondary N) is 2. The fourth-order valence-corrected chi connectivity index (χ4v) is 3.87. The molecule has 1 atom stereocenters. The second-order valence-electron chi connectivity index (χ2n) is 10.3. The van der Waals surface area contributed by atoms with Gasteiger partial charge < -0.3 is 15.2 Å². The van der Waals surface area contributed by atoms with E-state index in [9.17, 15) is 18.7 Å². The first-order chi connectivity index (χ1) is 18.1. The fraction of sp³-hybridized carbons (Fsp3) is 0.321. The first-order valence-electron chi connectivity index (χ1n) is 12.2. The number of ether oxygens (including phenoxy) is 1. The van der Waals surface area contributed by atoms with Gasteiger partial charge >= 0.3 is 0 Å². The van der Waals surface area contributed by atoms with Crippen LogP contribution in [-0.2, 0) is 4.74 Å². The van der Waals surface area contributed by atoms with E-state index in [0.717, 1.165) is 17.7 Å². The van der Waals surface area contributed by atoms with E-state index in [2.05, 4.69) is 20.6 Å². The summed E-state index contributed by atoms with van der Waals surface area (Å²) in [5.41, 5.74) is 1.97. The number of aliphatic hydroxyl groups is 1. The van der Waals surface area contributed by atoms with Gasteiger partial charge in [-0.15, -0.1) is 0 Å². The third-order valence-electron chi connectivity index (χ3n) is 5.81. The Balaban J connectivity index is 1.79. The maximum Gasteiger partial charge on any atom is 0.271 e. The summed E-state index contributed by atoms with van der Waals surface area (Å²) in [6.07, 6.45) is -0.523. The average Bonchev–Trinajstić information content (AvgIpc) is 3.28. The first kappa shape index (κ1) is 27.2. The van der Waals surface area contributed by atoms with Crippen LogP contribution in [-0.4, -0.2) is 50.9 Å². The molecule has 0 bridgehead atoms. The van der Waals surface area contributed by atoms with Crippen LogP contribution < -0.4 is 10.9 Å². The van der Waals surface area contributed by atoms with Crippen molar-refractivity contribution in [3.63, 3.8) is 0 Å². The molecule has 3 N–H and O–H groups in total. The van der Waals surface area contributed by atoms with Crippen molar-refractivity contribution in [3.8, 4) is 28.2 Å². The Kier molecular flexibility index (Phi) is 8.03. The van der Waals surface area contributed by atoms with Crippen molar-refractivity contribution in [2.75, 3.05) is 25.1 Å². The maximum absolute atomic E-state index is 14.8. The average molecular weight is 524 g/mol. The van der Waals surface area contributed by atoms with Crippen LogP contribution in [0.2, 0.25) is 0 Å². The van der Waals surface area contributed by atoms with E-state index in [0.29, 0.717) is 29.4 Å². The predicted molar refractivity (Wildman–Crippen MR) is 142 cm³/mol. The van der Waals surface area contributed by atoms with Gasteiger partial charge in [-0.3, -0.25) is 9.89 Å². The maximum atomic E-state index is 14.8. The van der Waals surface area contributed by atoms with Gasteiger partial charge in [-0.1, -0.05) is 39.0 Å². The Labute approximate surface area is 219 Å². The van der Waals surface area contributed by atoms with Gasteiger partial charge in [0.25, 0.3) is 5.56 Å². The van der Waals surface area contributed by atoms with Gasteiger partial charge in [0.2, 0.25) is 0 Å². The van der Waals surface area contributed by atoms with Crippen molar-refractivity contribution in [1.29, 1.82) is 0 Å². The van der Waals surface area contributed by atoms with Crippen molar-refractivity contribution in [3.05, 3.63) is 82.1 Å². The number of aromatic nitrogens is 4. The number of halogens is 2. The quantitative estimate of drug-likeness (QED) is 0.294. The second kappa shape index (κ2) is 11.2. The van der Waals surface area contributed by atoms with E-state index in [4.69, 9.17) is 4.74 Å². The number of aliphatic hydroxyl groups excluding tert-OH is 1. The van der Waals surface area contributed by atoms with E-state index in [-0.39, 0.29) is 35.4 Å². The van der Waals surface area contributed by atoms with Gasteiger partial charge in [-0.05, 0) is 42.2 Å². The molecule has 2 aromatic heterocycles. The third-order valence-corrected chi connectivity index (χ3v) is 5.81. The molecule has 2 heterocycles. The molecule has 10 heteroatoms. The van der Waals surface area contributed by atoms with E-state index >= 15 is 0 Å². The lowest BCUT2D eigenvalue weighted by Crippen LogP contribution is -2.30. The summed E-state index contributed by atoms with van der Waals surface area (Å²) in [6, 6.07) is 13.4. The summed E-state index contributed by atoms with van der Waals surface area (Å²) in [7, 11) is 0. The highest BCUT2D eigenvalue weighted by Crippen LogP contribution is 2.36. The molecule has 8 nitrogen and oxygen atoms in total. The molecule has 0 radical (unpaired) electrons. The molecular formula is C28H31F2N5O3. The number of para-hydroxylation sites is 1. The summed E-state index contributed by atoms with van der Waals surface area (Å²) in [6.45, 7) is 8.38. The van der Waals surface area contributed by atoms with Crippen LogP contribution in [0.25, 0.3) is 28.2 Å². The fourth-order valence-electron chi connectivity index (χ4n) is 3.87. The molecule has 0 fully saturated rings. The largest absolute Gasteiger partial charge is 0.394 e. The number of nitrogens with zero attached hydrogens (tertiary/aromatic N) is 3. The number of aryl methyl sites for hydroxylation is 1. The molecule has 0 aliphatic heterocycles. The molecule has 0 unspecified atom stereocenters. The van der Waals surface area contributed by atoms with Gasteiger partial charge in [-0.2, -0.15) is 14.9 Å². The number of rotatable bonds is 9. The van der Waals surface area contributed by atoms with E-state index in [1.807, 2.05) is 39.8 Å². The highest BCUT2D eigenvalue weighted by Gasteiger charge is 2.23. The number of hydrogen-bond donors (Lipinski definition) is 3.